The lowest BCUT2D eigenvalue weighted by Crippen LogP contribution is -2.30. The fourth-order valence-corrected chi connectivity index (χ4v) is 1.66. The molecule has 0 amide bonds. The zero-order chi connectivity index (χ0) is 13.0. The van der Waals surface area contributed by atoms with Gasteiger partial charge in [-0.25, -0.2) is 0 Å². The van der Waals surface area contributed by atoms with Gasteiger partial charge in [-0.05, 0) is 12.1 Å². The summed E-state index contributed by atoms with van der Waals surface area (Å²) in [6, 6.07) is 5.41. The highest BCUT2D eigenvalue weighted by atomic mass is 16.5. The molecule has 18 heavy (non-hydrogen) atoms. The first kappa shape index (κ1) is 12.5. The number of methoxy groups -OCH3 is 1. The van der Waals surface area contributed by atoms with E-state index in [2.05, 4.69) is 20.7 Å². The molecule has 3 N–H and O–H groups in total. The second-order valence-corrected chi connectivity index (χ2v) is 3.90. The molecule has 0 saturated heterocycles. The van der Waals surface area contributed by atoms with Crippen molar-refractivity contribution >= 4 is 0 Å². The van der Waals surface area contributed by atoms with Crippen LogP contribution in [0.2, 0.25) is 0 Å². The summed E-state index contributed by atoms with van der Waals surface area (Å²) in [5.41, 5.74) is 4.42. The van der Waals surface area contributed by atoms with Crippen molar-refractivity contribution in [2.45, 2.75) is 12.5 Å². The van der Waals surface area contributed by atoms with Crippen molar-refractivity contribution in [1.29, 1.82) is 0 Å². The maximum absolute atomic E-state index is 5.55. The van der Waals surface area contributed by atoms with Crippen LogP contribution in [0.1, 0.15) is 17.4 Å². The van der Waals surface area contributed by atoms with Crippen molar-refractivity contribution in [2.75, 3.05) is 7.11 Å². The first-order valence-electron chi connectivity index (χ1n) is 5.55. The summed E-state index contributed by atoms with van der Waals surface area (Å²) >= 11 is 0. The van der Waals surface area contributed by atoms with Crippen molar-refractivity contribution in [3.8, 4) is 5.88 Å². The lowest BCUT2D eigenvalue weighted by atomic mass is 10.1. The van der Waals surface area contributed by atoms with Crippen LogP contribution in [0.3, 0.4) is 0 Å². The van der Waals surface area contributed by atoms with Crippen LogP contribution in [0, 0.1) is 0 Å². The molecule has 2 heterocycles. The molecule has 0 aromatic carbocycles. The lowest BCUT2D eigenvalue weighted by molar-refractivity contribution is 0.389. The zero-order valence-corrected chi connectivity index (χ0v) is 10.4. The molecule has 7 nitrogen and oxygen atoms in total. The van der Waals surface area contributed by atoms with Crippen molar-refractivity contribution < 1.29 is 4.74 Å². The quantitative estimate of drug-likeness (QED) is 0.570. The smallest absolute Gasteiger partial charge is 0.233 e. The number of aryl methyl sites for hydroxylation is 1. The molecule has 0 aliphatic rings. The Labute approximate surface area is 105 Å². The molecule has 1 unspecified atom stereocenters. The molecule has 2 aromatic rings. The molecule has 0 aliphatic heterocycles. The molecule has 7 heteroatoms. The molecule has 0 aliphatic carbocycles. The molecule has 0 radical (unpaired) electrons. The SMILES string of the molecule is COc1ccc(C(Cc2ccn(C)n2)NN)nn1. The molecule has 2 aromatic heterocycles. The molecular weight excluding hydrogens is 232 g/mol. The van der Waals surface area contributed by atoms with E-state index in [4.69, 9.17) is 10.6 Å². The lowest BCUT2D eigenvalue weighted by Gasteiger charge is -2.13. The standard InChI is InChI=1S/C11H16N6O/c1-17-6-5-8(16-17)7-10(13-12)9-3-4-11(18-2)15-14-9/h3-6,10,13H,7,12H2,1-2H3. The number of nitrogens with one attached hydrogen (secondary N) is 1. The van der Waals surface area contributed by atoms with Crippen LogP contribution in [-0.4, -0.2) is 27.1 Å². The van der Waals surface area contributed by atoms with Crippen LogP contribution in [0.15, 0.2) is 24.4 Å². The second kappa shape index (κ2) is 5.56. The summed E-state index contributed by atoms with van der Waals surface area (Å²) in [6.45, 7) is 0. The number of hydrogen-bond donors (Lipinski definition) is 2. The van der Waals surface area contributed by atoms with Crippen molar-refractivity contribution in [1.82, 2.24) is 25.4 Å². The molecule has 2 rings (SSSR count). The molecule has 0 bridgehead atoms. The molecule has 0 fully saturated rings. The first-order chi connectivity index (χ1) is 8.72. The fraction of sp³-hybridized carbons (Fsp3) is 0.364. The third kappa shape index (κ3) is 2.82. The Morgan fingerprint density at radius 3 is 2.72 bits per heavy atom. The second-order valence-electron chi connectivity index (χ2n) is 3.90. The van der Waals surface area contributed by atoms with E-state index in [0.29, 0.717) is 12.3 Å². The van der Waals surface area contributed by atoms with Crippen LogP contribution in [0.4, 0.5) is 0 Å². The minimum absolute atomic E-state index is 0.127. The summed E-state index contributed by atoms with van der Waals surface area (Å²) in [5, 5.41) is 12.3. The van der Waals surface area contributed by atoms with E-state index < -0.39 is 0 Å². The fourth-order valence-electron chi connectivity index (χ4n) is 1.66. The number of nitrogens with zero attached hydrogens (tertiary/aromatic N) is 4. The number of ether oxygens (including phenoxy) is 1. The average molecular weight is 248 g/mol. The normalized spacial score (nSPS) is 12.4. The predicted octanol–water partition coefficient (Wildman–Crippen LogP) is -0.0342. The summed E-state index contributed by atoms with van der Waals surface area (Å²) in [5.74, 6) is 6.03. The summed E-state index contributed by atoms with van der Waals surface area (Å²) in [6.07, 6.45) is 2.54. The highest BCUT2D eigenvalue weighted by Gasteiger charge is 2.14. The van der Waals surface area contributed by atoms with Gasteiger partial charge in [0.2, 0.25) is 5.88 Å². The van der Waals surface area contributed by atoms with Gasteiger partial charge in [0.1, 0.15) is 0 Å². The van der Waals surface area contributed by atoms with Crippen LogP contribution in [-0.2, 0) is 13.5 Å². The Morgan fingerprint density at radius 2 is 2.22 bits per heavy atom. The van der Waals surface area contributed by atoms with Gasteiger partial charge in [0.05, 0.1) is 24.5 Å². The van der Waals surface area contributed by atoms with Gasteiger partial charge in [-0.2, -0.15) is 10.2 Å². The van der Waals surface area contributed by atoms with Gasteiger partial charge in [-0.1, -0.05) is 0 Å². The highest BCUT2D eigenvalue weighted by Crippen LogP contribution is 2.15. The predicted molar refractivity (Wildman–Crippen MR) is 65.6 cm³/mol. The maximum atomic E-state index is 5.55. The third-order valence-electron chi connectivity index (χ3n) is 2.61. The van der Waals surface area contributed by atoms with Gasteiger partial charge in [0.25, 0.3) is 0 Å². The minimum Gasteiger partial charge on any atom is -0.480 e. The number of hydrogen-bond acceptors (Lipinski definition) is 6. The highest BCUT2D eigenvalue weighted by molar-refractivity contribution is 5.16. The first-order valence-corrected chi connectivity index (χ1v) is 5.55. The summed E-state index contributed by atoms with van der Waals surface area (Å²) in [7, 11) is 3.43. The van der Waals surface area contributed by atoms with E-state index in [1.807, 2.05) is 25.4 Å². The number of nitrogens with two attached hydrogens (primary N) is 1. The Balaban J connectivity index is 2.12. The largest absolute Gasteiger partial charge is 0.480 e. The average Bonchev–Trinajstić information content (AvgIpc) is 2.82. The van der Waals surface area contributed by atoms with E-state index in [9.17, 15) is 0 Å². The van der Waals surface area contributed by atoms with Gasteiger partial charge < -0.3 is 4.74 Å². The molecular formula is C11H16N6O. The summed E-state index contributed by atoms with van der Waals surface area (Å²) in [4.78, 5) is 0. The van der Waals surface area contributed by atoms with Crippen molar-refractivity contribution in [3.63, 3.8) is 0 Å². The van der Waals surface area contributed by atoms with Crippen LogP contribution in [0.5, 0.6) is 5.88 Å². The third-order valence-corrected chi connectivity index (χ3v) is 2.61. The van der Waals surface area contributed by atoms with Crippen LogP contribution < -0.4 is 16.0 Å². The Kier molecular flexibility index (Phi) is 3.85. The Hall–Kier alpha value is -1.99. The van der Waals surface area contributed by atoms with Gasteiger partial charge >= 0.3 is 0 Å². The van der Waals surface area contributed by atoms with Crippen LogP contribution in [0.25, 0.3) is 0 Å². The molecule has 0 spiro atoms. The van der Waals surface area contributed by atoms with Gasteiger partial charge in [0.15, 0.2) is 0 Å². The van der Waals surface area contributed by atoms with E-state index in [1.165, 1.54) is 0 Å². The minimum atomic E-state index is -0.127. The maximum Gasteiger partial charge on any atom is 0.233 e. The molecule has 96 valence electrons. The van der Waals surface area contributed by atoms with E-state index in [0.717, 1.165) is 11.4 Å². The van der Waals surface area contributed by atoms with Gasteiger partial charge in [-0.3, -0.25) is 16.0 Å². The van der Waals surface area contributed by atoms with Crippen LogP contribution >= 0.6 is 0 Å². The number of rotatable bonds is 5. The monoisotopic (exact) mass is 248 g/mol. The van der Waals surface area contributed by atoms with Crippen molar-refractivity contribution in [2.24, 2.45) is 12.9 Å². The topological polar surface area (TPSA) is 90.9 Å². The van der Waals surface area contributed by atoms with E-state index in [1.54, 1.807) is 17.9 Å². The van der Waals surface area contributed by atoms with Crippen molar-refractivity contribution in [3.05, 3.63) is 35.8 Å². The molecule has 0 saturated carbocycles. The summed E-state index contributed by atoms with van der Waals surface area (Å²) < 4.78 is 6.72. The zero-order valence-electron chi connectivity index (χ0n) is 10.4. The van der Waals surface area contributed by atoms with E-state index in [-0.39, 0.29) is 6.04 Å². The number of hydrazine groups is 1. The molecule has 1 atom stereocenters. The van der Waals surface area contributed by atoms with Gasteiger partial charge in [-0.15, -0.1) is 5.10 Å². The van der Waals surface area contributed by atoms with E-state index >= 15 is 0 Å². The Bertz CT molecular complexity index is 494. The Morgan fingerprint density at radius 1 is 1.39 bits per heavy atom. The van der Waals surface area contributed by atoms with Gasteiger partial charge in [0, 0.05) is 25.7 Å². The number of aromatic nitrogens is 4.